The van der Waals surface area contributed by atoms with Crippen LogP contribution in [-0.4, -0.2) is 20.1 Å². The third-order valence-corrected chi connectivity index (χ3v) is 5.05. The maximum atomic E-state index is 6.41. The average Bonchev–Trinajstić information content (AvgIpc) is 3.00. The Labute approximate surface area is 138 Å². The predicted molar refractivity (Wildman–Crippen MR) is 96.0 cm³/mol. The summed E-state index contributed by atoms with van der Waals surface area (Å²) in [5, 5.41) is 3.63. The molecule has 0 amide bonds. The molecule has 0 aromatic rings. The zero-order valence-corrected chi connectivity index (χ0v) is 13.6. The Kier molecular flexibility index (Phi) is 3.78. The molecule has 1 fully saturated rings. The van der Waals surface area contributed by atoms with Gasteiger partial charge in [-0.2, -0.15) is 0 Å². The number of allylic oxidation sites excluding steroid dienone is 6. The van der Waals surface area contributed by atoms with E-state index in [1.807, 2.05) is 0 Å². The molecule has 3 aliphatic carbocycles. The van der Waals surface area contributed by atoms with Crippen molar-refractivity contribution in [2.24, 2.45) is 11.7 Å². The Morgan fingerprint density at radius 1 is 1.26 bits per heavy atom. The van der Waals surface area contributed by atoms with Crippen molar-refractivity contribution in [3.8, 4) is 0 Å². The molecule has 23 heavy (non-hydrogen) atoms. The average molecular weight is 306 g/mol. The van der Waals surface area contributed by atoms with Gasteiger partial charge in [0.1, 0.15) is 13.6 Å². The lowest BCUT2D eigenvalue weighted by Gasteiger charge is -2.25. The first-order valence-electron chi connectivity index (χ1n) is 8.56. The van der Waals surface area contributed by atoms with Gasteiger partial charge < -0.3 is 15.8 Å². The largest absolute Gasteiger partial charge is 0.468 e. The monoisotopic (exact) mass is 306 g/mol. The summed E-state index contributed by atoms with van der Waals surface area (Å²) in [5.41, 5.74) is 11.5. The molecular formula is C19H23BN2O. The first-order valence-corrected chi connectivity index (χ1v) is 8.56. The highest BCUT2D eigenvalue weighted by Crippen LogP contribution is 2.38. The minimum absolute atomic E-state index is 0.0308. The van der Waals surface area contributed by atoms with E-state index in [1.54, 1.807) is 0 Å². The second-order valence-electron chi connectivity index (χ2n) is 6.80. The maximum Gasteiger partial charge on any atom is 0.176 e. The van der Waals surface area contributed by atoms with Gasteiger partial charge in [-0.3, -0.25) is 0 Å². The molecule has 3 N–H and O–H groups in total. The van der Waals surface area contributed by atoms with E-state index in [-0.39, 0.29) is 12.3 Å². The SMILES string of the molecule is BC1=CC=C(C2=C3NC(C4C=CC=CC4)OC3=CCC2)C(N)C1. The molecule has 3 unspecified atom stereocenters. The maximum absolute atomic E-state index is 6.41. The molecule has 0 radical (unpaired) electrons. The van der Waals surface area contributed by atoms with Crippen molar-refractivity contribution in [1.82, 2.24) is 5.32 Å². The molecule has 0 aromatic carbocycles. The number of nitrogens with two attached hydrogens (primary N) is 1. The predicted octanol–water partition coefficient (Wildman–Crippen LogP) is 2.17. The van der Waals surface area contributed by atoms with Gasteiger partial charge in [0, 0.05) is 12.0 Å². The lowest BCUT2D eigenvalue weighted by molar-refractivity contribution is 0.106. The molecular weight excluding hydrogens is 283 g/mol. The second kappa shape index (κ2) is 5.93. The summed E-state index contributed by atoms with van der Waals surface area (Å²) in [4.78, 5) is 0. The molecule has 3 atom stereocenters. The number of fused-ring (bicyclic) bond motifs is 1. The molecule has 0 aromatic heterocycles. The fourth-order valence-corrected chi connectivity index (χ4v) is 3.81. The topological polar surface area (TPSA) is 47.3 Å². The van der Waals surface area contributed by atoms with E-state index in [0.717, 1.165) is 31.4 Å². The van der Waals surface area contributed by atoms with Crippen LogP contribution in [-0.2, 0) is 4.74 Å². The first-order chi connectivity index (χ1) is 11.2. The van der Waals surface area contributed by atoms with Gasteiger partial charge in [-0.05, 0) is 42.9 Å². The third kappa shape index (κ3) is 2.72. The molecule has 0 bridgehead atoms. The number of hydrogen-bond donors (Lipinski definition) is 2. The third-order valence-electron chi connectivity index (χ3n) is 5.05. The smallest absolute Gasteiger partial charge is 0.176 e. The molecule has 3 nitrogen and oxygen atoms in total. The molecule has 118 valence electrons. The van der Waals surface area contributed by atoms with E-state index in [4.69, 9.17) is 10.5 Å². The highest BCUT2D eigenvalue weighted by molar-refractivity contribution is 6.21. The van der Waals surface area contributed by atoms with Crippen LogP contribution in [0.4, 0.5) is 0 Å². The van der Waals surface area contributed by atoms with E-state index in [0.29, 0.717) is 5.92 Å². The highest BCUT2D eigenvalue weighted by Gasteiger charge is 2.35. The highest BCUT2D eigenvalue weighted by atomic mass is 16.5. The quantitative estimate of drug-likeness (QED) is 0.769. The van der Waals surface area contributed by atoms with Crippen LogP contribution in [0.25, 0.3) is 0 Å². The summed E-state index contributed by atoms with van der Waals surface area (Å²) >= 11 is 0. The van der Waals surface area contributed by atoms with Crippen LogP contribution >= 0.6 is 0 Å². The summed E-state index contributed by atoms with van der Waals surface area (Å²) in [6.45, 7) is 0. The van der Waals surface area contributed by atoms with Crippen molar-refractivity contribution in [2.75, 3.05) is 0 Å². The molecule has 0 saturated carbocycles. The van der Waals surface area contributed by atoms with Gasteiger partial charge in [-0.15, -0.1) is 5.47 Å². The summed E-state index contributed by atoms with van der Waals surface area (Å²) in [7, 11) is 2.15. The van der Waals surface area contributed by atoms with Crippen molar-refractivity contribution in [3.63, 3.8) is 0 Å². The standard InChI is InChI=1S/C19H23BN2O/c20-13-9-10-14(16(21)11-13)15-7-4-8-17-18(15)22-19(23-17)12-5-2-1-3-6-12/h1-3,5,8-10,12,16,19,22H,4,6-7,11,20-21H2. The summed E-state index contributed by atoms with van der Waals surface area (Å²) in [5.74, 6) is 1.40. The second-order valence-corrected chi connectivity index (χ2v) is 6.80. The van der Waals surface area contributed by atoms with E-state index in [2.05, 4.69) is 55.7 Å². The molecule has 0 spiro atoms. The Hall–Kier alpha value is -1.94. The van der Waals surface area contributed by atoms with E-state index in [9.17, 15) is 0 Å². The number of nitrogens with one attached hydrogen (secondary N) is 1. The van der Waals surface area contributed by atoms with Crippen LogP contribution in [0.2, 0.25) is 0 Å². The zero-order chi connectivity index (χ0) is 15.8. The first kappa shape index (κ1) is 14.6. The van der Waals surface area contributed by atoms with Gasteiger partial charge in [0.15, 0.2) is 6.23 Å². The van der Waals surface area contributed by atoms with Crippen LogP contribution in [0.5, 0.6) is 0 Å². The summed E-state index contributed by atoms with van der Waals surface area (Å²) in [6, 6.07) is 0.0974. The van der Waals surface area contributed by atoms with Crippen LogP contribution in [0.15, 0.2) is 70.6 Å². The fraction of sp³-hybridized carbons (Fsp3) is 0.368. The van der Waals surface area contributed by atoms with Crippen molar-refractivity contribution < 1.29 is 4.74 Å². The van der Waals surface area contributed by atoms with Crippen LogP contribution < -0.4 is 11.1 Å². The van der Waals surface area contributed by atoms with Gasteiger partial charge in [0.2, 0.25) is 0 Å². The molecule has 4 aliphatic rings. The fourth-order valence-electron chi connectivity index (χ4n) is 3.81. The zero-order valence-electron chi connectivity index (χ0n) is 13.6. The minimum Gasteiger partial charge on any atom is -0.468 e. The number of ether oxygens (including phenoxy) is 1. The van der Waals surface area contributed by atoms with Crippen LogP contribution in [0.1, 0.15) is 25.7 Å². The Morgan fingerprint density at radius 3 is 2.96 bits per heavy atom. The normalized spacial score (nSPS) is 32.6. The number of hydrogen-bond acceptors (Lipinski definition) is 3. The summed E-state index contributed by atoms with van der Waals surface area (Å²) < 4.78 is 6.21. The van der Waals surface area contributed by atoms with Crippen LogP contribution in [0.3, 0.4) is 0 Å². The van der Waals surface area contributed by atoms with Gasteiger partial charge in [0.25, 0.3) is 0 Å². The van der Waals surface area contributed by atoms with Gasteiger partial charge in [-0.25, -0.2) is 0 Å². The molecule has 1 aliphatic heterocycles. The Morgan fingerprint density at radius 2 is 2.17 bits per heavy atom. The lowest BCUT2D eigenvalue weighted by atomic mass is 9.79. The number of rotatable bonds is 2. The lowest BCUT2D eigenvalue weighted by Crippen LogP contribution is -2.32. The minimum atomic E-state index is 0.0308. The van der Waals surface area contributed by atoms with Gasteiger partial charge in [0.05, 0.1) is 5.70 Å². The summed E-state index contributed by atoms with van der Waals surface area (Å²) in [6.07, 6.45) is 19.3. The van der Waals surface area contributed by atoms with E-state index < -0.39 is 0 Å². The van der Waals surface area contributed by atoms with Crippen molar-refractivity contribution in [1.29, 1.82) is 0 Å². The van der Waals surface area contributed by atoms with Crippen LogP contribution in [0, 0.1) is 5.92 Å². The molecule has 1 heterocycles. The Bertz CT molecular complexity index is 696. The van der Waals surface area contributed by atoms with E-state index >= 15 is 0 Å². The van der Waals surface area contributed by atoms with Gasteiger partial charge >= 0.3 is 0 Å². The molecule has 1 saturated heterocycles. The van der Waals surface area contributed by atoms with Crippen molar-refractivity contribution in [3.05, 3.63) is 70.6 Å². The van der Waals surface area contributed by atoms with Gasteiger partial charge in [-0.1, -0.05) is 36.5 Å². The molecule has 4 heteroatoms. The van der Waals surface area contributed by atoms with Crippen molar-refractivity contribution >= 4 is 7.85 Å². The molecule has 4 rings (SSSR count). The van der Waals surface area contributed by atoms with E-state index in [1.165, 1.54) is 22.3 Å². The Balaban J connectivity index is 1.64. The van der Waals surface area contributed by atoms with Crippen molar-refractivity contribution in [2.45, 2.75) is 38.0 Å².